The molecule has 0 spiro atoms. The van der Waals surface area contributed by atoms with E-state index in [-0.39, 0.29) is 15.8 Å². The smallest absolute Gasteiger partial charge is 0.244 e. The highest BCUT2D eigenvalue weighted by Crippen LogP contribution is 2.32. The zero-order valence-electron chi connectivity index (χ0n) is 15.4. The predicted molar refractivity (Wildman–Crippen MR) is 107 cm³/mol. The summed E-state index contributed by atoms with van der Waals surface area (Å²) in [6.45, 7) is 2.76. The summed E-state index contributed by atoms with van der Waals surface area (Å²) in [5, 5.41) is 4.30. The second-order valence-corrected chi connectivity index (χ2v) is 9.27. The van der Waals surface area contributed by atoms with Crippen LogP contribution in [-0.4, -0.2) is 36.0 Å². The number of aryl methyl sites for hydroxylation is 1. The van der Waals surface area contributed by atoms with Crippen LogP contribution in [0.15, 0.2) is 57.9 Å². The van der Waals surface area contributed by atoms with Crippen LogP contribution in [0, 0.1) is 6.92 Å². The molecule has 2 aromatic carbocycles. The maximum absolute atomic E-state index is 13.0. The van der Waals surface area contributed by atoms with E-state index in [4.69, 9.17) is 16.1 Å². The number of hydrogen-bond acceptors (Lipinski definition) is 5. The number of halogens is 1. The lowest BCUT2D eigenvalue weighted by Gasteiger charge is -2.30. The van der Waals surface area contributed by atoms with Crippen molar-refractivity contribution in [3.05, 3.63) is 65.0 Å². The van der Waals surface area contributed by atoms with Gasteiger partial charge in [0.25, 0.3) is 0 Å². The molecule has 4 rings (SSSR count). The van der Waals surface area contributed by atoms with Crippen molar-refractivity contribution < 1.29 is 12.9 Å². The van der Waals surface area contributed by atoms with Gasteiger partial charge < -0.3 is 4.52 Å². The van der Waals surface area contributed by atoms with Crippen molar-refractivity contribution in [2.75, 3.05) is 13.1 Å². The van der Waals surface area contributed by atoms with Crippen molar-refractivity contribution >= 4 is 21.6 Å². The quantitative estimate of drug-likeness (QED) is 0.633. The van der Waals surface area contributed by atoms with Crippen molar-refractivity contribution in [3.63, 3.8) is 0 Å². The zero-order chi connectivity index (χ0) is 19.7. The first-order valence-electron chi connectivity index (χ1n) is 9.10. The van der Waals surface area contributed by atoms with Gasteiger partial charge in [0.15, 0.2) is 0 Å². The molecule has 1 fully saturated rings. The Labute approximate surface area is 169 Å². The second-order valence-electron chi connectivity index (χ2n) is 6.95. The summed E-state index contributed by atoms with van der Waals surface area (Å²) < 4.78 is 33.0. The minimum Gasteiger partial charge on any atom is -0.339 e. The zero-order valence-corrected chi connectivity index (χ0v) is 16.9. The van der Waals surface area contributed by atoms with Gasteiger partial charge in [-0.1, -0.05) is 58.7 Å². The van der Waals surface area contributed by atoms with Crippen molar-refractivity contribution in [3.8, 4) is 11.4 Å². The molecule has 28 heavy (non-hydrogen) atoms. The number of aromatic nitrogens is 2. The third-order valence-electron chi connectivity index (χ3n) is 4.94. The van der Waals surface area contributed by atoms with Gasteiger partial charge in [-0.05, 0) is 31.9 Å². The van der Waals surface area contributed by atoms with Gasteiger partial charge >= 0.3 is 0 Å². The molecule has 1 atom stereocenters. The number of sulfonamides is 1. The van der Waals surface area contributed by atoms with E-state index in [0.29, 0.717) is 24.8 Å². The van der Waals surface area contributed by atoms with E-state index < -0.39 is 10.0 Å². The van der Waals surface area contributed by atoms with E-state index in [9.17, 15) is 8.42 Å². The van der Waals surface area contributed by atoms with Crippen LogP contribution < -0.4 is 0 Å². The summed E-state index contributed by atoms with van der Waals surface area (Å²) in [4.78, 5) is 4.64. The summed E-state index contributed by atoms with van der Waals surface area (Å²) in [6, 6.07) is 14.4. The minimum absolute atomic E-state index is 0.128. The highest BCUT2D eigenvalue weighted by atomic mass is 35.5. The van der Waals surface area contributed by atoms with Crippen molar-refractivity contribution in [1.82, 2.24) is 14.4 Å². The van der Waals surface area contributed by atoms with Gasteiger partial charge in [-0.25, -0.2) is 8.42 Å². The molecule has 0 radical (unpaired) electrons. The third kappa shape index (κ3) is 3.70. The molecule has 1 aliphatic rings. The van der Waals surface area contributed by atoms with Crippen molar-refractivity contribution in [1.29, 1.82) is 0 Å². The van der Waals surface area contributed by atoms with Gasteiger partial charge in [-0.15, -0.1) is 0 Å². The Bertz CT molecular complexity index is 1080. The van der Waals surface area contributed by atoms with Crippen molar-refractivity contribution in [2.24, 2.45) is 0 Å². The van der Waals surface area contributed by atoms with Gasteiger partial charge in [0, 0.05) is 18.7 Å². The van der Waals surface area contributed by atoms with Gasteiger partial charge in [0.2, 0.25) is 21.7 Å². The molecule has 3 aromatic rings. The van der Waals surface area contributed by atoms with Crippen LogP contribution in [-0.2, 0) is 10.0 Å². The van der Waals surface area contributed by atoms with E-state index in [0.717, 1.165) is 24.0 Å². The molecule has 1 aliphatic heterocycles. The normalized spacial score (nSPS) is 18.3. The molecular weight excluding hydrogens is 398 g/mol. The molecule has 6 nitrogen and oxygen atoms in total. The lowest BCUT2D eigenvalue weighted by molar-refractivity contribution is 0.265. The highest BCUT2D eigenvalue weighted by Gasteiger charge is 2.34. The molecule has 0 aliphatic carbocycles. The summed E-state index contributed by atoms with van der Waals surface area (Å²) in [5.74, 6) is 0.841. The number of nitrogens with zero attached hydrogens (tertiary/aromatic N) is 3. The molecule has 0 saturated carbocycles. The maximum atomic E-state index is 13.0. The molecule has 2 heterocycles. The molecule has 0 N–H and O–H groups in total. The fraction of sp³-hybridized carbons (Fsp3) is 0.300. The Morgan fingerprint density at radius 3 is 2.64 bits per heavy atom. The Hall–Kier alpha value is -2.22. The maximum Gasteiger partial charge on any atom is 0.244 e. The van der Waals surface area contributed by atoms with E-state index in [1.54, 1.807) is 18.2 Å². The van der Waals surface area contributed by atoms with Gasteiger partial charge in [-0.3, -0.25) is 0 Å². The van der Waals surface area contributed by atoms with E-state index >= 15 is 0 Å². The van der Waals surface area contributed by atoms with Gasteiger partial charge in [-0.2, -0.15) is 9.29 Å². The lowest BCUT2D eigenvalue weighted by Crippen LogP contribution is -2.39. The molecule has 0 unspecified atom stereocenters. The summed E-state index contributed by atoms with van der Waals surface area (Å²) >= 11 is 6.12. The molecule has 0 bridgehead atoms. The fourth-order valence-corrected chi connectivity index (χ4v) is 5.39. The number of hydrogen-bond donors (Lipinski definition) is 0. The third-order valence-corrected chi connectivity index (χ3v) is 7.30. The largest absolute Gasteiger partial charge is 0.339 e. The Morgan fingerprint density at radius 1 is 1.14 bits per heavy atom. The van der Waals surface area contributed by atoms with Crippen LogP contribution in [0.1, 0.15) is 30.2 Å². The number of rotatable bonds is 4. The van der Waals surface area contributed by atoms with Crippen LogP contribution in [0.25, 0.3) is 11.4 Å². The molecule has 1 aromatic heterocycles. The summed E-state index contributed by atoms with van der Waals surface area (Å²) in [6.07, 6.45) is 1.51. The molecule has 146 valence electrons. The number of benzene rings is 2. The molecule has 0 amide bonds. The van der Waals surface area contributed by atoms with E-state index in [1.807, 2.05) is 31.2 Å². The minimum atomic E-state index is -3.67. The van der Waals surface area contributed by atoms with Crippen LogP contribution in [0.3, 0.4) is 0 Å². The lowest BCUT2D eigenvalue weighted by atomic mass is 10.00. The number of piperidine rings is 1. The fourth-order valence-electron chi connectivity index (χ4n) is 3.38. The van der Waals surface area contributed by atoms with Crippen LogP contribution in [0.2, 0.25) is 5.02 Å². The predicted octanol–water partition coefficient (Wildman–Crippen LogP) is 4.27. The first-order valence-corrected chi connectivity index (χ1v) is 10.9. The summed E-state index contributed by atoms with van der Waals surface area (Å²) in [5.41, 5.74) is 2.03. The van der Waals surface area contributed by atoms with Crippen LogP contribution in [0.5, 0.6) is 0 Å². The highest BCUT2D eigenvalue weighted by molar-refractivity contribution is 7.89. The Balaban J connectivity index is 1.56. The molecular formula is C20H20ClN3O3S. The first-order chi connectivity index (χ1) is 13.4. The first kappa shape index (κ1) is 19.1. The van der Waals surface area contributed by atoms with Crippen molar-refractivity contribution in [2.45, 2.75) is 30.6 Å². The van der Waals surface area contributed by atoms with Crippen LogP contribution >= 0.6 is 11.6 Å². The monoisotopic (exact) mass is 417 g/mol. The summed E-state index contributed by atoms with van der Waals surface area (Å²) in [7, 11) is -3.67. The molecule has 1 saturated heterocycles. The van der Waals surface area contributed by atoms with E-state index in [2.05, 4.69) is 10.1 Å². The average molecular weight is 418 g/mol. The van der Waals surface area contributed by atoms with Crippen LogP contribution in [0.4, 0.5) is 0 Å². The Morgan fingerprint density at radius 2 is 1.89 bits per heavy atom. The standard InChI is InChI=1S/C20H20ClN3O3S/c1-14-8-10-15(11-9-14)19-22-20(27-23-19)16-5-4-12-24(13-16)28(25,26)18-7-3-2-6-17(18)21/h2-3,6-11,16H,4-5,12-13H2,1H3/t16-/m1/s1. The SMILES string of the molecule is Cc1ccc(-c2noc([C@@H]3CCCN(S(=O)(=O)c4ccccc4Cl)C3)n2)cc1. The topological polar surface area (TPSA) is 76.3 Å². The van der Waals surface area contributed by atoms with Gasteiger partial charge in [0.05, 0.1) is 10.9 Å². The second kappa shape index (κ2) is 7.66. The average Bonchev–Trinajstić information content (AvgIpc) is 3.19. The molecule has 8 heteroatoms. The van der Waals surface area contributed by atoms with E-state index in [1.165, 1.54) is 10.4 Å². The Kier molecular flexibility index (Phi) is 5.23. The van der Waals surface area contributed by atoms with Gasteiger partial charge in [0.1, 0.15) is 4.90 Å².